The second-order valence-electron chi connectivity index (χ2n) is 8.25. The molecule has 0 bridgehead atoms. The number of halogens is 4. The van der Waals surface area contributed by atoms with Crippen molar-refractivity contribution in [2.75, 3.05) is 7.11 Å². The summed E-state index contributed by atoms with van der Waals surface area (Å²) in [5.74, 6) is 0.566. The highest BCUT2D eigenvalue weighted by Crippen LogP contribution is 2.42. The molecule has 1 aliphatic rings. The molecule has 176 valence electrons. The van der Waals surface area contributed by atoms with Crippen LogP contribution in [0.4, 0.5) is 13.2 Å². The van der Waals surface area contributed by atoms with Gasteiger partial charge in [-0.2, -0.15) is 13.2 Å². The van der Waals surface area contributed by atoms with Crippen molar-refractivity contribution in [3.8, 4) is 23.0 Å². The van der Waals surface area contributed by atoms with E-state index >= 15 is 0 Å². The fourth-order valence-corrected chi connectivity index (χ4v) is 4.81. The maximum atomic E-state index is 13.8. The largest absolute Gasteiger partial charge is 0.479 e. The first kappa shape index (κ1) is 22.6. The average Bonchev–Trinajstić information content (AvgIpc) is 3.44. The van der Waals surface area contributed by atoms with E-state index in [0.29, 0.717) is 40.5 Å². The monoisotopic (exact) mass is 531 g/mol. The highest BCUT2D eigenvalue weighted by molar-refractivity contribution is 9.10. The van der Waals surface area contributed by atoms with Crippen LogP contribution in [0, 0.1) is 6.92 Å². The van der Waals surface area contributed by atoms with Crippen LogP contribution in [0.2, 0.25) is 0 Å². The van der Waals surface area contributed by atoms with Gasteiger partial charge in [0.15, 0.2) is 0 Å². The van der Waals surface area contributed by atoms with Crippen molar-refractivity contribution >= 4 is 15.9 Å². The molecular weight excluding hydrogens is 511 g/mol. The van der Waals surface area contributed by atoms with E-state index in [9.17, 15) is 13.2 Å². The number of methoxy groups -OCH3 is 1. The lowest BCUT2D eigenvalue weighted by molar-refractivity contribution is -0.138. The summed E-state index contributed by atoms with van der Waals surface area (Å²) in [5, 5.41) is 0. The van der Waals surface area contributed by atoms with Crippen molar-refractivity contribution in [2.24, 2.45) is 0 Å². The van der Waals surface area contributed by atoms with Crippen molar-refractivity contribution in [3.05, 3.63) is 76.2 Å². The summed E-state index contributed by atoms with van der Waals surface area (Å²) in [4.78, 5) is 13.6. The van der Waals surface area contributed by atoms with Gasteiger partial charge in [-0.05, 0) is 49.6 Å². The number of aromatic nitrogens is 5. The van der Waals surface area contributed by atoms with Crippen molar-refractivity contribution in [2.45, 2.75) is 38.4 Å². The van der Waals surface area contributed by atoms with Crippen LogP contribution in [-0.4, -0.2) is 31.2 Å². The van der Waals surface area contributed by atoms with Crippen molar-refractivity contribution in [1.82, 2.24) is 24.1 Å². The predicted molar refractivity (Wildman–Crippen MR) is 124 cm³/mol. The molecule has 0 N–H and O–H groups in total. The number of imidazole rings is 2. The zero-order valence-electron chi connectivity index (χ0n) is 18.5. The minimum Gasteiger partial charge on any atom is -0.479 e. The zero-order valence-corrected chi connectivity index (χ0v) is 20.1. The standard InChI is InChI=1S/C24H21BrF3N5O/c1-14-11-33(13-29-14)21-8-7-19(31-23(21)34-2)20-12-32-9-3-4-17(22(32)30-20)16-6-5-15(25)10-18(16)24(26,27)28/h5-8,10-13,17H,3-4,9H2,1-2H3. The molecule has 0 saturated carbocycles. The van der Waals surface area contributed by atoms with Crippen LogP contribution in [0.3, 0.4) is 0 Å². The van der Waals surface area contributed by atoms with Gasteiger partial charge in [0.2, 0.25) is 5.88 Å². The van der Waals surface area contributed by atoms with E-state index in [-0.39, 0.29) is 5.56 Å². The minimum absolute atomic E-state index is 0.241. The number of nitrogens with zero attached hydrogens (tertiary/aromatic N) is 5. The molecule has 0 amide bonds. The highest BCUT2D eigenvalue weighted by Gasteiger charge is 2.37. The van der Waals surface area contributed by atoms with Crippen LogP contribution >= 0.6 is 15.9 Å². The van der Waals surface area contributed by atoms with Crippen molar-refractivity contribution in [3.63, 3.8) is 0 Å². The maximum absolute atomic E-state index is 13.8. The lowest BCUT2D eigenvalue weighted by atomic mass is 9.87. The third kappa shape index (κ3) is 4.11. The van der Waals surface area contributed by atoms with E-state index in [1.165, 1.54) is 0 Å². The molecule has 5 rings (SSSR count). The van der Waals surface area contributed by atoms with Gasteiger partial charge in [-0.25, -0.2) is 15.0 Å². The third-order valence-electron chi connectivity index (χ3n) is 5.99. The number of hydrogen-bond donors (Lipinski definition) is 0. The lowest BCUT2D eigenvalue weighted by Gasteiger charge is -2.26. The fraction of sp³-hybridized carbons (Fsp3) is 0.292. The molecule has 10 heteroatoms. The molecule has 1 atom stereocenters. The summed E-state index contributed by atoms with van der Waals surface area (Å²) in [6.07, 6.45) is 2.32. The molecule has 0 radical (unpaired) electrons. The Morgan fingerprint density at radius 2 is 1.91 bits per heavy atom. The van der Waals surface area contributed by atoms with Crippen LogP contribution in [0.1, 0.15) is 41.4 Å². The van der Waals surface area contributed by atoms with Gasteiger partial charge in [-0.3, -0.25) is 0 Å². The molecule has 6 nitrogen and oxygen atoms in total. The Morgan fingerprint density at radius 3 is 2.62 bits per heavy atom. The fourth-order valence-electron chi connectivity index (χ4n) is 4.45. The average molecular weight is 532 g/mol. The Hall–Kier alpha value is -3.14. The van der Waals surface area contributed by atoms with E-state index in [4.69, 9.17) is 9.72 Å². The second kappa shape index (κ2) is 8.57. The summed E-state index contributed by atoms with van der Waals surface area (Å²) in [6.45, 7) is 2.59. The van der Waals surface area contributed by atoms with Gasteiger partial charge in [0.1, 0.15) is 17.2 Å². The summed E-state index contributed by atoms with van der Waals surface area (Å²) in [6, 6.07) is 8.04. The van der Waals surface area contributed by atoms with Gasteiger partial charge in [0.05, 0.1) is 30.4 Å². The van der Waals surface area contributed by atoms with Crippen LogP contribution in [0.15, 0.2) is 53.5 Å². The molecule has 1 aliphatic heterocycles. The Bertz CT molecular complexity index is 1360. The number of alkyl halides is 3. The number of benzene rings is 1. The highest BCUT2D eigenvalue weighted by atomic mass is 79.9. The first-order valence-corrected chi connectivity index (χ1v) is 11.5. The smallest absolute Gasteiger partial charge is 0.416 e. The zero-order chi connectivity index (χ0) is 24.0. The number of aryl methyl sites for hydroxylation is 2. The number of pyridine rings is 1. The maximum Gasteiger partial charge on any atom is 0.416 e. The van der Waals surface area contributed by atoms with E-state index in [2.05, 4.69) is 25.9 Å². The molecule has 0 saturated heterocycles. The van der Waals surface area contributed by atoms with Gasteiger partial charge in [0, 0.05) is 29.3 Å². The first-order valence-electron chi connectivity index (χ1n) is 10.7. The summed E-state index contributed by atoms with van der Waals surface area (Å²) in [7, 11) is 1.54. The normalized spacial score (nSPS) is 15.9. The third-order valence-corrected chi connectivity index (χ3v) is 6.49. The summed E-state index contributed by atoms with van der Waals surface area (Å²) < 4.78 is 51.1. The topological polar surface area (TPSA) is 57.8 Å². The molecule has 0 fully saturated rings. The van der Waals surface area contributed by atoms with E-state index in [0.717, 1.165) is 23.9 Å². The molecule has 3 aromatic heterocycles. The van der Waals surface area contributed by atoms with Gasteiger partial charge in [-0.1, -0.05) is 22.0 Å². The number of fused-ring (bicyclic) bond motifs is 1. The molecule has 34 heavy (non-hydrogen) atoms. The SMILES string of the molecule is COc1nc(-c2cn3c(n2)C(c2ccc(Br)cc2C(F)(F)F)CCC3)ccc1-n1cnc(C)c1. The van der Waals surface area contributed by atoms with E-state index in [1.54, 1.807) is 25.6 Å². The number of ether oxygens (including phenoxy) is 1. The lowest BCUT2D eigenvalue weighted by Crippen LogP contribution is -2.20. The van der Waals surface area contributed by atoms with Crippen molar-refractivity contribution in [1.29, 1.82) is 0 Å². The van der Waals surface area contributed by atoms with Gasteiger partial charge < -0.3 is 13.9 Å². The number of hydrogen-bond acceptors (Lipinski definition) is 4. The van der Waals surface area contributed by atoms with E-state index in [1.807, 2.05) is 40.6 Å². The molecular formula is C24H21BrF3N5O. The summed E-state index contributed by atoms with van der Waals surface area (Å²) >= 11 is 3.17. The Balaban J connectivity index is 1.55. The molecule has 0 aliphatic carbocycles. The quantitative estimate of drug-likeness (QED) is 0.316. The molecule has 0 spiro atoms. The van der Waals surface area contributed by atoms with Crippen molar-refractivity contribution < 1.29 is 17.9 Å². The Morgan fingerprint density at radius 1 is 1.09 bits per heavy atom. The Labute approximate surface area is 202 Å². The minimum atomic E-state index is -4.45. The molecule has 1 unspecified atom stereocenters. The van der Waals surface area contributed by atoms with Crippen LogP contribution in [-0.2, 0) is 12.7 Å². The van der Waals surface area contributed by atoms with Crippen LogP contribution in [0.5, 0.6) is 5.88 Å². The number of rotatable bonds is 4. The second-order valence-corrected chi connectivity index (χ2v) is 9.16. The van der Waals surface area contributed by atoms with E-state index < -0.39 is 17.7 Å². The van der Waals surface area contributed by atoms with Crippen LogP contribution < -0.4 is 4.74 Å². The summed E-state index contributed by atoms with van der Waals surface area (Å²) in [5.41, 5.74) is 2.39. The van der Waals surface area contributed by atoms with Gasteiger partial charge in [0.25, 0.3) is 0 Å². The predicted octanol–water partition coefficient (Wildman–Crippen LogP) is 6.15. The molecule has 4 heterocycles. The molecule has 1 aromatic carbocycles. The van der Waals surface area contributed by atoms with Gasteiger partial charge >= 0.3 is 6.18 Å². The first-order chi connectivity index (χ1) is 16.2. The Kier molecular flexibility index (Phi) is 5.71. The van der Waals surface area contributed by atoms with Crippen LogP contribution in [0.25, 0.3) is 17.1 Å². The van der Waals surface area contributed by atoms with Gasteiger partial charge in [-0.15, -0.1) is 0 Å². The molecule has 4 aromatic rings.